The summed E-state index contributed by atoms with van der Waals surface area (Å²) in [7, 11) is -3.75. The van der Waals surface area contributed by atoms with Gasteiger partial charge in [0, 0.05) is 12.5 Å². The minimum Gasteiger partial charge on any atom is -0.482 e. The molecule has 2 aliphatic heterocycles. The Bertz CT molecular complexity index is 1040. The monoisotopic (exact) mass is 389 g/mol. The lowest BCUT2D eigenvalue weighted by Gasteiger charge is -2.32. The van der Waals surface area contributed by atoms with E-state index in [9.17, 15) is 13.2 Å². The number of aromatic nitrogens is 3. The van der Waals surface area contributed by atoms with Gasteiger partial charge in [0.2, 0.25) is 10.0 Å². The number of sulfonamides is 1. The lowest BCUT2D eigenvalue weighted by Crippen LogP contribution is -2.41. The van der Waals surface area contributed by atoms with E-state index in [-0.39, 0.29) is 17.4 Å². The van der Waals surface area contributed by atoms with E-state index in [0.717, 1.165) is 18.7 Å². The number of benzene rings is 1. The molecular weight excluding hydrogens is 370 g/mol. The van der Waals surface area contributed by atoms with Crippen LogP contribution in [-0.4, -0.2) is 46.5 Å². The molecule has 0 bridgehead atoms. The van der Waals surface area contributed by atoms with E-state index >= 15 is 0 Å². The van der Waals surface area contributed by atoms with Crippen molar-refractivity contribution in [2.24, 2.45) is 0 Å². The Kier molecular flexibility index (Phi) is 3.57. The second-order valence-corrected chi connectivity index (χ2v) is 9.00. The number of amides is 1. The third-order valence-corrected chi connectivity index (χ3v) is 7.15. The minimum absolute atomic E-state index is 0.0682. The lowest BCUT2D eigenvalue weighted by atomic mass is 10.2. The molecule has 1 aromatic carbocycles. The Morgan fingerprint density at radius 2 is 2.07 bits per heavy atom. The van der Waals surface area contributed by atoms with Gasteiger partial charge in [-0.05, 0) is 38.0 Å². The van der Waals surface area contributed by atoms with E-state index in [0.29, 0.717) is 36.3 Å². The van der Waals surface area contributed by atoms with Crippen LogP contribution in [0.1, 0.15) is 43.4 Å². The summed E-state index contributed by atoms with van der Waals surface area (Å²) in [5.41, 5.74) is 0.371. The van der Waals surface area contributed by atoms with Crippen molar-refractivity contribution < 1.29 is 17.9 Å². The van der Waals surface area contributed by atoms with Crippen LogP contribution in [0.5, 0.6) is 5.75 Å². The van der Waals surface area contributed by atoms with Crippen molar-refractivity contribution in [3.63, 3.8) is 0 Å². The molecule has 142 valence electrons. The number of hydrogen-bond donors (Lipinski definition) is 1. The largest absolute Gasteiger partial charge is 0.482 e. The van der Waals surface area contributed by atoms with Gasteiger partial charge in [-0.3, -0.25) is 4.79 Å². The Morgan fingerprint density at radius 1 is 1.26 bits per heavy atom. The molecule has 0 saturated heterocycles. The summed E-state index contributed by atoms with van der Waals surface area (Å²) in [5.74, 6) is 2.09. The van der Waals surface area contributed by atoms with Crippen LogP contribution in [0.2, 0.25) is 0 Å². The van der Waals surface area contributed by atoms with Crippen LogP contribution < -0.4 is 10.1 Å². The van der Waals surface area contributed by atoms with Crippen molar-refractivity contribution in [2.45, 2.75) is 43.2 Å². The van der Waals surface area contributed by atoms with Gasteiger partial charge in [0.25, 0.3) is 5.91 Å². The van der Waals surface area contributed by atoms with Gasteiger partial charge in [-0.1, -0.05) is 0 Å². The molecule has 3 aliphatic rings. The molecule has 0 spiro atoms. The Hall–Kier alpha value is -2.46. The van der Waals surface area contributed by atoms with E-state index in [1.54, 1.807) is 6.07 Å². The molecule has 27 heavy (non-hydrogen) atoms. The maximum Gasteiger partial charge on any atom is 0.262 e. The molecule has 0 unspecified atom stereocenters. The molecule has 1 fully saturated rings. The second-order valence-electron chi connectivity index (χ2n) is 7.11. The molecule has 2 aromatic rings. The molecule has 1 atom stereocenters. The van der Waals surface area contributed by atoms with Gasteiger partial charge in [0.1, 0.15) is 11.6 Å². The van der Waals surface area contributed by atoms with Gasteiger partial charge >= 0.3 is 0 Å². The van der Waals surface area contributed by atoms with Crippen molar-refractivity contribution >= 4 is 21.6 Å². The summed E-state index contributed by atoms with van der Waals surface area (Å²) in [6, 6.07) is 4.12. The highest BCUT2D eigenvalue weighted by molar-refractivity contribution is 7.89. The molecule has 5 rings (SSSR count). The fourth-order valence-electron chi connectivity index (χ4n) is 3.56. The smallest absolute Gasteiger partial charge is 0.262 e. The first kappa shape index (κ1) is 16.7. The van der Waals surface area contributed by atoms with Crippen molar-refractivity contribution in [2.75, 3.05) is 18.5 Å². The predicted octanol–water partition coefficient (Wildman–Crippen LogP) is 1.25. The number of nitrogens with one attached hydrogen (secondary N) is 1. The topological polar surface area (TPSA) is 106 Å². The van der Waals surface area contributed by atoms with Gasteiger partial charge in [-0.25, -0.2) is 18.1 Å². The van der Waals surface area contributed by atoms with Crippen LogP contribution >= 0.6 is 0 Å². The standard InChI is InChI=1S/C17H19N5O4S/c1-10-17-19-16(11-2-3-11)20-21(17)6-7-22(10)27(24,25)12-4-5-14-13(8-12)18-15(23)9-26-14/h4-5,8,10-11H,2-3,6-7,9H2,1H3,(H,18,23)/t10-/m1/s1. The number of nitrogens with zero attached hydrogens (tertiary/aromatic N) is 4. The number of carbonyl (C=O) groups is 1. The zero-order chi connectivity index (χ0) is 18.8. The number of ether oxygens (including phenoxy) is 1. The number of carbonyl (C=O) groups excluding carboxylic acids is 1. The third kappa shape index (κ3) is 2.71. The Balaban J connectivity index is 1.48. The van der Waals surface area contributed by atoms with Crippen molar-refractivity contribution in [1.82, 2.24) is 19.1 Å². The first-order valence-electron chi connectivity index (χ1n) is 8.96. The minimum atomic E-state index is -3.75. The first-order valence-corrected chi connectivity index (χ1v) is 10.4. The average Bonchev–Trinajstić information content (AvgIpc) is 3.40. The van der Waals surface area contributed by atoms with Crippen LogP contribution in [0.15, 0.2) is 23.1 Å². The highest BCUT2D eigenvalue weighted by Gasteiger charge is 2.38. The van der Waals surface area contributed by atoms with Gasteiger partial charge in [-0.2, -0.15) is 9.40 Å². The molecule has 9 nitrogen and oxygen atoms in total. The SMILES string of the molecule is C[C@@H]1c2nc(C3CC3)nn2CCN1S(=O)(=O)c1ccc2c(c1)NC(=O)CO2. The van der Waals surface area contributed by atoms with Gasteiger partial charge in [0.15, 0.2) is 12.4 Å². The maximum atomic E-state index is 13.2. The number of fused-ring (bicyclic) bond motifs is 2. The lowest BCUT2D eigenvalue weighted by molar-refractivity contribution is -0.118. The number of hydrogen-bond acceptors (Lipinski definition) is 6. The summed E-state index contributed by atoms with van der Waals surface area (Å²) in [4.78, 5) is 16.2. The predicted molar refractivity (Wildman–Crippen MR) is 94.9 cm³/mol. The van der Waals surface area contributed by atoms with E-state index in [1.165, 1.54) is 16.4 Å². The van der Waals surface area contributed by atoms with E-state index < -0.39 is 16.1 Å². The molecule has 3 heterocycles. The Morgan fingerprint density at radius 3 is 2.85 bits per heavy atom. The van der Waals surface area contributed by atoms with Crippen LogP contribution in [0.4, 0.5) is 5.69 Å². The third-order valence-electron chi connectivity index (χ3n) is 5.19. The molecule has 1 aliphatic carbocycles. The zero-order valence-electron chi connectivity index (χ0n) is 14.8. The van der Waals surface area contributed by atoms with Crippen molar-refractivity contribution in [1.29, 1.82) is 0 Å². The van der Waals surface area contributed by atoms with Crippen LogP contribution in [0.3, 0.4) is 0 Å². The zero-order valence-corrected chi connectivity index (χ0v) is 15.6. The molecule has 1 N–H and O–H groups in total. The van der Waals surface area contributed by atoms with E-state index in [1.807, 2.05) is 11.6 Å². The highest BCUT2D eigenvalue weighted by Crippen LogP contribution is 2.40. The molecule has 1 saturated carbocycles. The van der Waals surface area contributed by atoms with Crippen molar-refractivity contribution in [3.8, 4) is 5.75 Å². The first-order chi connectivity index (χ1) is 12.9. The summed E-state index contributed by atoms with van der Waals surface area (Å²) in [6.45, 7) is 2.56. The molecular formula is C17H19N5O4S. The van der Waals surface area contributed by atoms with E-state index in [2.05, 4.69) is 15.4 Å². The average molecular weight is 389 g/mol. The highest BCUT2D eigenvalue weighted by atomic mass is 32.2. The Labute approximate surface area is 156 Å². The van der Waals surface area contributed by atoms with Gasteiger partial charge < -0.3 is 10.1 Å². The molecule has 0 radical (unpaired) electrons. The van der Waals surface area contributed by atoms with Crippen LogP contribution in [0, 0.1) is 0 Å². The molecule has 1 aromatic heterocycles. The summed E-state index contributed by atoms with van der Waals surface area (Å²) >= 11 is 0. The van der Waals surface area contributed by atoms with Crippen LogP contribution in [0.25, 0.3) is 0 Å². The summed E-state index contributed by atoms with van der Waals surface area (Å²) < 4.78 is 35.1. The maximum absolute atomic E-state index is 13.2. The second kappa shape index (κ2) is 5.77. The fraction of sp³-hybridized carbons (Fsp3) is 0.471. The van der Waals surface area contributed by atoms with Gasteiger partial charge in [0.05, 0.1) is 23.2 Å². The quantitative estimate of drug-likeness (QED) is 0.847. The molecule has 1 amide bonds. The van der Waals surface area contributed by atoms with Crippen molar-refractivity contribution in [3.05, 3.63) is 29.8 Å². The van der Waals surface area contributed by atoms with E-state index in [4.69, 9.17) is 4.74 Å². The van der Waals surface area contributed by atoms with Crippen LogP contribution in [-0.2, 0) is 21.4 Å². The normalized spacial score (nSPS) is 22.6. The summed E-state index contributed by atoms with van der Waals surface area (Å²) in [5, 5.41) is 7.19. The van der Waals surface area contributed by atoms with Gasteiger partial charge in [-0.15, -0.1) is 0 Å². The number of anilines is 1. The fourth-order valence-corrected chi connectivity index (χ4v) is 5.17. The molecule has 10 heteroatoms. The number of rotatable bonds is 3. The summed E-state index contributed by atoms with van der Waals surface area (Å²) in [6.07, 6.45) is 2.20.